The fraction of sp³-hybridized carbons (Fsp3) is 0.250. The molecule has 1 aliphatic heterocycles. The second kappa shape index (κ2) is 6.32. The first-order valence-electron chi connectivity index (χ1n) is 7.67. The van der Waals surface area contributed by atoms with Crippen molar-refractivity contribution >= 4 is 21.4 Å². The van der Waals surface area contributed by atoms with Gasteiger partial charge in [0, 0.05) is 13.1 Å². The number of aromatic nitrogens is 2. The molecule has 0 spiro atoms. The lowest BCUT2D eigenvalue weighted by Gasteiger charge is -2.15. The monoisotopic (exact) mass is 379 g/mol. The van der Waals surface area contributed by atoms with Crippen LogP contribution in [0.3, 0.4) is 0 Å². The Labute approximate surface area is 148 Å². The van der Waals surface area contributed by atoms with Crippen molar-refractivity contribution in [3.8, 4) is 10.8 Å². The molecule has 0 bridgehead atoms. The van der Waals surface area contributed by atoms with Crippen LogP contribution in [-0.4, -0.2) is 36.0 Å². The zero-order valence-electron chi connectivity index (χ0n) is 13.0. The van der Waals surface area contributed by atoms with Gasteiger partial charge >= 0.3 is 0 Å². The predicted octanol–water partition coefficient (Wildman–Crippen LogP) is 3.12. The molecule has 0 N–H and O–H groups in total. The van der Waals surface area contributed by atoms with Crippen LogP contribution in [0.2, 0.25) is 0 Å². The molecule has 1 aromatic carbocycles. The van der Waals surface area contributed by atoms with E-state index in [1.165, 1.54) is 27.8 Å². The van der Waals surface area contributed by atoms with Crippen LogP contribution in [0.4, 0.5) is 4.39 Å². The number of hydrogen-bond donors (Lipinski definition) is 0. The normalized spacial score (nSPS) is 18.7. The summed E-state index contributed by atoms with van der Waals surface area (Å²) in [5, 5.41) is 10.0. The van der Waals surface area contributed by atoms with E-state index in [0.717, 1.165) is 17.0 Å². The maximum Gasteiger partial charge on any atom is 0.257 e. The first-order chi connectivity index (χ1) is 12.0. The van der Waals surface area contributed by atoms with Crippen molar-refractivity contribution in [1.82, 2.24) is 14.5 Å². The van der Waals surface area contributed by atoms with E-state index < -0.39 is 15.8 Å². The van der Waals surface area contributed by atoms with Gasteiger partial charge in [-0.2, -0.15) is 4.31 Å². The molecule has 0 saturated carbocycles. The Morgan fingerprint density at radius 2 is 2.00 bits per heavy atom. The van der Waals surface area contributed by atoms with Gasteiger partial charge in [0.25, 0.3) is 5.89 Å². The van der Waals surface area contributed by atoms with Gasteiger partial charge in [-0.05, 0) is 42.1 Å². The molecule has 1 fully saturated rings. The zero-order valence-corrected chi connectivity index (χ0v) is 14.6. The number of nitrogens with zero attached hydrogens (tertiary/aromatic N) is 3. The van der Waals surface area contributed by atoms with Crippen molar-refractivity contribution in [2.24, 2.45) is 0 Å². The average Bonchev–Trinajstić information content (AvgIpc) is 3.34. The Hall–Kier alpha value is -2.10. The molecule has 1 aliphatic rings. The van der Waals surface area contributed by atoms with E-state index in [1.807, 2.05) is 17.5 Å². The van der Waals surface area contributed by atoms with Crippen LogP contribution in [-0.2, 0) is 10.0 Å². The summed E-state index contributed by atoms with van der Waals surface area (Å²) in [5.74, 6) is 0.284. The van der Waals surface area contributed by atoms with Gasteiger partial charge in [-0.1, -0.05) is 6.07 Å². The Morgan fingerprint density at radius 3 is 2.72 bits per heavy atom. The lowest BCUT2D eigenvalue weighted by atomic mass is 10.1. The maximum absolute atomic E-state index is 13.0. The van der Waals surface area contributed by atoms with Gasteiger partial charge in [0.15, 0.2) is 0 Å². The molecule has 3 aromatic rings. The van der Waals surface area contributed by atoms with Crippen molar-refractivity contribution in [3.63, 3.8) is 0 Å². The minimum Gasteiger partial charge on any atom is -0.420 e. The lowest BCUT2D eigenvalue weighted by Crippen LogP contribution is -2.28. The molecule has 3 heterocycles. The largest absolute Gasteiger partial charge is 0.420 e. The van der Waals surface area contributed by atoms with E-state index in [2.05, 4.69) is 10.2 Å². The second-order valence-electron chi connectivity index (χ2n) is 5.73. The molecule has 1 unspecified atom stereocenters. The third-order valence-corrected chi connectivity index (χ3v) is 6.86. The molecule has 0 aliphatic carbocycles. The van der Waals surface area contributed by atoms with Crippen LogP contribution < -0.4 is 0 Å². The highest BCUT2D eigenvalue weighted by Gasteiger charge is 2.35. The maximum atomic E-state index is 13.0. The third kappa shape index (κ3) is 3.10. The summed E-state index contributed by atoms with van der Waals surface area (Å²) in [7, 11) is -3.65. The molecule has 25 heavy (non-hydrogen) atoms. The summed E-state index contributed by atoms with van der Waals surface area (Å²) in [6, 6.07) is 8.63. The van der Waals surface area contributed by atoms with Crippen LogP contribution >= 0.6 is 11.3 Å². The molecule has 1 saturated heterocycles. The van der Waals surface area contributed by atoms with Crippen molar-refractivity contribution < 1.29 is 17.2 Å². The highest BCUT2D eigenvalue weighted by Crippen LogP contribution is 2.32. The number of halogens is 1. The summed E-state index contributed by atoms with van der Waals surface area (Å²) in [4.78, 5) is 0.965. The van der Waals surface area contributed by atoms with Crippen LogP contribution in [0.25, 0.3) is 10.8 Å². The molecule has 0 amide bonds. The van der Waals surface area contributed by atoms with Gasteiger partial charge in [-0.3, -0.25) is 0 Å². The van der Waals surface area contributed by atoms with E-state index in [4.69, 9.17) is 4.42 Å². The van der Waals surface area contributed by atoms with Crippen molar-refractivity contribution in [3.05, 3.63) is 53.5 Å². The summed E-state index contributed by atoms with van der Waals surface area (Å²) >= 11 is 1.50. The summed E-state index contributed by atoms with van der Waals surface area (Å²) in [6.45, 7) is 0.632. The average molecular weight is 379 g/mol. The second-order valence-corrected chi connectivity index (χ2v) is 8.61. The third-order valence-electron chi connectivity index (χ3n) is 4.12. The molecule has 2 aromatic heterocycles. The van der Waals surface area contributed by atoms with E-state index in [-0.39, 0.29) is 17.4 Å². The Bertz CT molecular complexity index is 968. The fourth-order valence-corrected chi connectivity index (χ4v) is 4.95. The quantitative estimate of drug-likeness (QED) is 0.696. The summed E-state index contributed by atoms with van der Waals surface area (Å²) in [5.41, 5.74) is 0. The van der Waals surface area contributed by atoms with Crippen molar-refractivity contribution in [2.45, 2.75) is 17.2 Å². The van der Waals surface area contributed by atoms with Crippen LogP contribution in [0.15, 0.2) is 51.1 Å². The molecule has 9 heteroatoms. The van der Waals surface area contributed by atoms with Crippen molar-refractivity contribution in [2.75, 3.05) is 13.1 Å². The number of thiophene rings is 1. The molecular formula is C16H14FN3O3S2. The van der Waals surface area contributed by atoms with E-state index in [9.17, 15) is 12.8 Å². The number of benzene rings is 1. The summed E-state index contributed by atoms with van der Waals surface area (Å²) in [6.07, 6.45) is 0.604. The van der Waals surface area contributed by atoms with E-state index >= 15 is 0 Å². The van der Waals surface area contributed by atoms with Gasteiger partial charge in [-0.15, -0.1) is 21.5 Å². The highest BCUT2D eigenvalue weighted by molar-refractivity contribution is 7.89. The minimum absolute atomic E-state index is 0.0827. The number of hydrogen-bond acceptors (Lipinski definition) is 6. The Morgan fingerprint density at radius 1 is 1.20 bits per heavy atom. The Balaban J connectivity index is 1.52. The van der Waals surface area contributed by atoms with Crippen LogP contribution in [0.1, 0.15) is 18.2 Å². The number of sulfonamides is 1. The standard InChI is InChI=1S/C16H14FN3O3S2/c17-12-3-5-13(6-4-12)25(21,22)20-8-7-11(10-20)15-18-19-16(23-15)14-2-1-9-24-14/h1-6,9,11H,7-8,10H2. The Kier molecular flexibility index (Phi) is 4.14. The highest BCUT2D eigenvalue weighted by atomic mass is 32.2. The van der Waals surface area contributed by atoms with Gasteiger partial charge in [-0.25, -0.2) is 12.8 Å². The van der Waals surface area contributed by atoms with Gasteiger partial charge in [0.05, 0.1) is 15.7 Å². The van der Waals surface area contributed by atoms with Crippen LogP contribution in [0.5, 0.6) is 0 Å². The van der Waals surface area contributed by atoms with E-state index in [0.29, 0.717) is 24.7 Å². The number of rotatable bonds is 4. The van der Waals surface area contributed by atoms with Gasteiger partial charge in [0.2, 0.25) is 15.9 Å². The van der Waals surface area contributed by atoms with Crippen molar-refractivity contribution in [1.29, 1.82) is 0 Å². The topological polar surface area (TPSA) is 76.3 Å². The zero-order chi connectivity index (χ0) is 17.4. The molecule has 6 nitrogen and oxygen atoms in total. The molecular weight excluding hydrogens is 365 g/mol. The molecule has 4 rings (SSSR count). The first-order valence-corrected chi connectivity index (χ1v) is 9.99. The fourth-order valence-electron chi connectivity index (χ4n) is 2.80. The summed E-state index contributed by atoms with van der Waals surface area (Å²) < 4.78 is 45.4. The van der Waals surface area contributed by atoms with Gasteiger partial charge in [0.1, 0.15) is 5.82 Å². The van der Waals surface area contributed by atoms with E-state index in [1.54, 1.807) is 0 Å². The first kappa shape index (κ1) is 16.4. The van der Waals surface area contributed by atoms with Crippen LogP contribution in [0, 0.1) is 5.82 Å². The smallest absolute Gasteiger partial charge is 0.257 e. The molecule has 0 radical (unpaired) electrons. The predicted molar refractivity (Wildman–Crippen MR) is 90.1 cm³/mol. The minimum atomic E-state index is -3.65. The lowest BCUT2D eigenvalue weighted by molar-refractivity contribution is 0.440. The SMILES string of the molecule is O=S(=O)(c1ccc(F)cc1)N1CCC(c2nnc(-c3cccs3)o2)C1. The molecule has 1 atom stereocenters. The van der Waals surface area contributed by atoms with Gasteiger partial charge < -0.3 is 4.42 Å². The molecule has 130 valence electrons.